The lowest BCUT2D eigenvalue weighted by atomic mass is 10.1. The van der Waals surface area contributed by atoms with Crippen molar-refractivity contribution in [3.8, 4) is 23.0 Å². The van der Waals surface area contributed by atoms with E-state index in [0.717, 1.165) is 10.5 Å². The molecule has 0 saturated carbocycles. The monoisotopic (exact) mass is 502 g/mol. The Morgan fingerprint density at radius 3 is 2.43 bits per heavy atom. The first-order chi connectivity index (χ1) is 18.0. The van der Waals surface area contributed by atoms with Crippen molar-refractivity contribution in [2.45, 2.75) is 25.9 Å². The first-order valence-electron chi connectivity index (χ1n) is 12.0. The van der Waals surface area contributed by atoms with Gasteiger partial charge >= 0.3 is 0 Å². The number of fused-ring (bicyclic) bond motifs is 1. The lowest BCUT2D eigenvalue weighted by Gasteiger charge is -2.28. The Kier molecular flexibility index (Phi) is 6.93. The molecule has 1 saturated heterocycles. The highest BCUT2D eigenvalue weighted by molar-refractivity contribution is 6.23. The van der Waals surface area contributed by atoms with Gasteiger partial charge in [-0.15, -0.1) is 0 Å². The molecule has 0 radical (unpaired) electrons. The number of hydrogen-bond acceptors (Lipinski definition) is 7. The van der Waals surface area contributed by atoms with Crippen molar-refractivity contribution in [2.75, 3.05) is 24.9 Å². The Morgan fingerprint density at radius 2 is 1.68 bits per heavy atom. The molecule has 1 fully saturated rings. The maximum atomic E-state index is 13.5. The molecular weight excluding hydrogens is 476 g/mol. The van der Waals surface area contributed by atoms with Gasteiger partial charge in [0.05, 0.1) is 18.7 Å². The van der Waals surface area contributed by atoms with Gasteiger partial charge in [-0.25, -0.2) is 4.90 Å². The highest BCUT2D eigenvalue weighted by Gasteiger charge is 2.44. The predicted molar refractivity (Wildman–Crippen MR) is 134 cm³/mol. The van der Waals surface area contributed by atoms with Gasteiger partial charge in [0.15, 0.2) is 18.1 Å². The van der Waals surface area contributed by atoms with Crippen molar-refractivity contribution >= 4 is 23.4 Å². The van der Waals surface area contributed by atoms with Gasteiger partial charge in [0.2, 0.25) is 12.7 Å². The molecule has 3 amide bonds. The molecule has 2 aliphatic rings. The van der Waals surface area contributed by atoms with E-state index in [1.165, 1.54) is 4.90 Å². The molecule has 2 heterocycles. The number of rotatable bonds is 9. The average molecular weight is 503 g/mol. The van der Waals surface area contributed by atoms with Crippen LogP contribution >= 0.6 is 0 Å². The molecule has 2 aliphatic heterocycles. The van der Waals surface area contributed by atoms with Crippen LogP contribution in [0.1, 0.15) is 18.9 Å². The Hall–Kier alpha value is -4.53. The van der Waals surface area contributed by atoms with Crippen molar-refractivity contribution in [1.29, 1.82) is 0 Å². The van der Waals surface area contributed by atoms with Crippen molar-refractivity contribution in [1.82, 2.24) is 4.90 Å². The molecule has 3 aromatic rings. The summed E-state index contributed by atoms with van der Waals surface area (Å²) in [6.45, 7) is 2.31. The highest BCUT2D eigenvalue weighted by atomic mass is 16.7. The molecule has 0 spiro atoms. The van der Waals surface area contributed by atoms with E-state index in [9.17, 15) is 14.4 Å². The highest BCUT2D eigenvalue weighted by Crippen LogP contribution is 2.34. The zero-order chi connectivity index (χ0) is 25.8. The molecule has 0 N–H and O–H groups in total. The quantitative estimate of drug-likeness (QED) is 0.413. The van der Waals surface area contributed by atoms with Crippen LogP contribution < -0.4 is 23.8 Å². The number of imide groups is 1. The molecule has 3 aromatic carbocycles. The number of para-hydroxylation sites is 1. The van der Waals surface area contributed by atoms with Crippen LogP contribution in [0, 0.1) is 0 Å². The van der Waals surface area contributed by atoms with Crippen LogP contribution in [0.5, 0.6) is 23.0 Å². The van der Waals surface area contributed by atoms with Crippen LogP contribution in [0.4, 0.5) is 5.69 Å². The Balaban J connectivity index is 1.39. The third-order valence-electron chi connectivity index (χ3n) is 6.12. The van der Waals surface area contributed by atoms with Gasteiger partial charge < -0.3 is 23.8 Å². The van der Waals surface area contributed by atoms with E-state index >= 15 is 0 Å². The molecule has 9 nitrogen and oxygen atoms in total. The minimum Gasteiger partial charge on any atom is -0.494 e. The van der Waals surface area contributed by atoms with Crippen LogP contribution in [-0.4, -0.2) is 48.7 Å². The van der Waals surface area contributed by atoms with E-state index in [2.05, 4.69) is 0 Å². The fraction of sp³-hybridized carbons (Fsp3) is 0.250. The van der Waals surface area contributed by atoms with Gasteiger partial charge in [-0.05, 0) is 61.0 Å². The second-order valence-corrected chi connectivity index (χ2v) is 8.53. The number of carbonyl (C=O) groups is 3. The van der Waals surface area contributed by atoms with Crippen LogP contribution in [0.2, 0.25) is 0 Å². The lowest BCUT2D eigenvalue weighted by molar-refractivity contribution is -0.140. The minimum atomic E-state index is -0.976. The van der Waals surface area contributed by atoms with Crippen molar-refractivity contribution < 1.29 is 33.3 Å². The maximum absolute atomic E-state index is 13.5. The third kappa shape index (κ3) is 5.20. The van der Waals surface area contributed by atoms with Crippen molar-refractivity contribution in [3.63, 3.8) is 0 Å². The van der Waals surface area contributed by atoms with E-state index in [4.69, 9.17) is 18.9 Å². The van der Waals surface area contributed by atoms with Crippen LogP contribution in [-0.2, 0) is 20.9 Å². The number of nitrogens with zero attached hydrogens (tertiary/aromatic N) is 2. The molecule has 1 unspecified atom stereocenters. The van der Waals surface area contributed by atoms with Crippen molar-refractivity contribution in [3.05, 3.63) is 78.4 Å². The van der Waals surface area contributed by atoms with Crippen LogP contribution in [0.15, 0.2) is 72.8 Å². The summed E-state index contributed by atoms with van der Waals surface area (Å²) in [7, 11) is 0. The largest absolute Gasteiger partial charge is 0.494 e. The number of benzene rings is 3. The second-order valence-electron chi connectivity index (χ2n) is 8.53. The standard InChI is InChI=1S/C28H26N2O7/c1-2-34-22-11-9-20(10-12-22)30-26(31)15-23(28(30)33)29(27(32)17-35-21-6-4-3-5-7-21)16-19-8-13-24-25(14-19)37-18-36-24/h3-14,23H,2,15-18H2,1H3. The van der Waals surface area contributed by atoms with E-state index in [0.29, 0.717) is 35.3 Å². The summed E-state index contributed by atoms with van der Waals surface area (Å²) in [5.41, 5.74) is 1.16. The molecule has 5 rings (SSSR count). The summed E-state index contributed by atoms with van der Waals surface area (Å²) < 4.78 is 22.0. The SMILES string of the molecule is CCOc1ccc(N2C(=O)CC(N(Cc3ccc4c(c3)OCO4)C(=O)COc3ccccc3)C2=O)cc1. The Labute approximate surface area is 214 Å². The average Bonchev–Trinajstić information content (AvgIpc) is 3.50. The molecule has 0 bridgehead atoms. The number of ether oxygens (including phenoxy) is 4. The summed E-state index contributed by atoms with van der Waals surface area (Å²) in [5, 5.41) is 0. The smallest absolute Gasteiger partial charge is 0.261 e. The van der Waals surface area contributed by atoms with Crippen molar-refractivity contribution in [2.24, 2.45) is 0 Å². The molecule has 0 aromatic heterocycles. The number of anilines is 1. The van der Waals surface area contributed by atoms with Gasteiger partial charge in [-0.1, -0.05) is 24.3 Å². The van der Waals surface area contributed by atoms with E-state index < -0.39 is 17.9 Å². The second kappa shape index (κ2) is 10.6. The minimum absolute atomic E-state index is 0.0917. The number of amides is 3. The van der Waals surface area contributed by atoms with E-state index in [1.807, 2.05) is 13.0 Å². The fourth-order valence-electron chi connectivity index (χ4n) is 4.34. The fourth-order valence-corrected chi connectivity index (χ4v) is 4.34. The van der Waals surface area contributed by atoms with Gasteiger partial charge in [0.1, 0.15) is 17.5 Å². The summed E-state index contributed by atoms with van der Waals surface area (Å²) in [4.78, 5) is 42.4. The van der Waals surface area contributed by atoms with Gasteiger partial charge in [-0.3, -0.25) is 14.4 Å². The number of hydrogen-bond donors (Lipinski definition) is 0. The lowest BCUT2D eigenvalue weighted by Crippen LogP contribution is -2.46. The normalized spacial score (nSPS) is 16.1. The number of carbonyl (C=O) groups excluding carboxylic acids is 3. The maximum Gasteiger partial charge on any atom is 0.261 e. The first-order valence-corrected chi connectivity index (χ1v) is 12.0. The van der Waals surface area contributed by atoms with E-state index in [1.54, 1.807) is 66.7 Å². The zero-order valence-corrected chi connectivity index (χ0v) is 20.3. The summed E-state index contributed by atoms with van der Waals surface area (Å²) >= 11 is 0. The summed E-state index contributed by atoms with van der Waals surface area (Å²) in [5.74, 6) is 1.08. The van der Waals surface area contributed by atoms with Gasteiger partial charge in [0.25, 0.3) is 11.8 Å². The molecular formula is C28H26N2O7. The molecule has 37 heavy (non-hydrogen) atoms. The van der Waals surface area contributed by atoms with E-state index in [-0.39, 0.29) is 32.3 Å². The molecule has 1 atom stereocenters. The predicted octanol–water partition coefficient (Wildman–Crippen LogP) is 3.55. The van der Waals surface area contributed by atoms with Gasteiger partial charge in [-0.2, -0.15) is 0 Å². The molecule has 190 valence electrons. The Bertz CT molecular complexity index is 1290. The topological polar surface area (TPSA) is 94.6 Å². The van der Waals surface area contributed by atoms with Crippen LogP contribution in [0.3, 0.4) is 0 Å². The third-order valence-corrected chi connectivity index (χ3v) is 6.12. The van der Waals surface area contributed by atoms with Gasteiger partial charge in [0, 0.05) is 6.54 Å². The first kappa shape index (κ1) is 24.2. The van der Waals surface area contributed by atoms with Crippen LogP contribution in [0.25, 0.3) is 0 Å². The molecule has 0 aliphatic carbocycles. The summed E-state index contributed by atoms with van der Waals surface area (Å²) in [6, 6.07) is 20.0. The molecule has 9 heteroatoms. The zero-order valence-electron chi connectivity index (χ0n) is 20.3. The summed E-state index contributed by atoms with van der Waals surface area (Å²) in [6.07, 6.45) is -0.131. The Morgan fingerprint density at radius 1 is 0.946 bits per heavy atom.